The molecule has 0 saturated carbocycles. The van der Waals surface area contributed by atoms with Gasteiger partial charge in [-0.1, -0.05) is 12.1 Å². The standard InChI is InChI=1S/C17H19F3N4O/c1-24-7-5-13(6-8-24)22-16(25)15-14(10-21-23-15)11-3-2-4-12(9-11)17(18,19)20/h2-4,9-10,13H,5-8H2,1H3,(H,21,23)(H,22,25). The zero-order valence-corrected chi connectivity index (χ0v) is 13.7. The lowest BCUT2D eigenvalue weighted by Crippen LogP contribution is -2.43. The second-order valence-corrected chi connectivity index (χ2v) is 6.28. The fourth-order valence-corrected chi connectivity index (χ4v) is 2.95. The minimum absolute atomic E-state index is 0.0507. The number of nitrogens with one attached hydrogen (secondary N) is 2. The highest BCUT2D eigenvalue weighted by Gasteiger charge is 2.31. The van der Waals surface area contributed by atoms with E-state index in [4.69, 9.17) is 0 Å². The van der Waals surface area contributed by atoms with Crippen molar-refractivity contribution in [3.63, 3.8) is 0 Å². The summed E-state index contributed by atoms with van der Waals surface area (Å²) in [5.74, 6) is -0.372. The van der Waals surface area contributed by atoms with Crippen LogP contribution < -0.4 is 5.32 Å². The number of hydrogen-bond donors (Lipinski definition) is 2. The molecule has 3 rings (SSSR count). The summed E-state index contributed by atoms with van der Waals surface area (Å²) in [6.07, 6.45) is -1.31. The van der Waals surface area contributed by atoms with Gasteiger partial charge in [0, 0.05) is 17.8 Å². The van der Waals surface area contributed by atoms with Gasteiger partial charge in [0.05, 0.1) is 5.56 Å². The van der Waals surface area contributed by atoms with Crippen molar-refractivity contribution in [3.05, 3.63) is 41.7 Å². The third kappa shape index (κ3) is 4.01. The van der Waals surface area contributed by atoms with E-state index < -0.39 is 11.7 Å². The van der Waals surface area contributed by atoms with Crippen LogP contribution in [0.15, 0.2) is 30.5 Å². The number of piperidine rings is 1. The van der Waals surface area contributed by atoms with E-state index in [0.29, 0.717) is 11.1 Å². The van der Waals surface area contributed by atoms with E-state index in [1.54, 1.807) is 0 Å². The van der Waals surface area contributed by atoms with E-state index in [0.717, 1.165) is 38.1 Å². The Labute approximate surface area is 143 Å². The van der Waals surface area contributed by atoms with Crippen molar-refractivity contribution in [1.82, 2.24) is 20.4 Å². The number of carbonyl (C=O) groups is 1. The molecule has 0 spiro atoms. The third-order valence-electron chi connectivity index (χ3n) is 4.41. The molecular weight excluding hydrogens is 333 g/mol. The van der Waals surface area contributed by atoms with Crippen LogP contribution in [-0.4, -0.2) is 47.2 Å². The van der Waals surface area contributed by atoms with Crippen molar-refractivity contribution in [2.24, 2.45) is 0 Å². The average molecular weight is 352 g/mol. The Balaban J connectivity index is 1.80. The van der Waals surface area contributed by atoms with Crippen LogP contribution in [0.4, 0.5) is 13.2 Å². The molecule has 2 N–H and O–H groups in total. The van der Waals surface area contributed by atoms with Gasteiger partial charge in [0.25, 0.3) is 5.91 Å². The molecule has 8 heteroatoms. The minimum Gasteiger partial charge on any atom is -0.348 e. The highest BCUT2D eigenvalue weighted by Crippen LogP contribution is 2.32. The van der Waals surface area contributed by atoms with Crippen molar-refractivity contribution in [2.75, 3.05) is 20.1 Å². The van der Waals surface area contributed by atoms with Crippen molar-refractivity contribution in [2.45, 2.75) is 25.1 Å². The van der Waals surface area contributed by atoms with E-state index >= 15 is 0 Å². The summed E-state index contributed by atoms with van der Waals surface area (Å²) in [6, 6.07) is 4.93. The molecule has 1 fully saturated rings. The van der Waals surface area contributed by atoms with Gasteiger partial charge < -0.3 is 10.2 Å². The van der Waals surface area contributed by atoms with Crippen molar-refractivity contribution < 1.29 is 18.0 Å². The number of carbonyl (C=O) groups excluding carboxylic acids is 1. The van der Waals surface area contributed by atoms with Gasteiger partial charge in [0.15, 0.2) is 5.69 Å². The Morgan fingerprint density at radius 1 is 1.32 bits per heavy atom. The van der Waals surface area contributed by atoms with Crippen LogP contribution in [0.25, 0.3) is 11.1 Å². The second kappa shape index (κ2) is 6.87. The number of rotatable bonds is 3. The Morgan fingerprint density at radius 2 is 2.04 bits per heavy atom. The molecule has 1 aliphatic heterocycles. The Morgan fingerprint density at radius 3 is 2.72 bits per heavy atom. The lowest BCUT2D eigenvalue weighted by Gasteiger charge is -2.29. The van der Waals surface area contributed by atoms with Gasteiger partial charge in [-0.05, 0) is 50.7 Å². The van der Waals surface area contributed by atoms with Crippen molar-refractivity contribution in [3.8, 4) is 11.1 Å². The lowest BCUT2D eigenvalue weighted by atomic mass is 10.0. The third-order valence-corrected chi connectivity index (χ3v) is 4.41. The summed E-state index contributed by atoms with van der Waals surface area (Å²) in [5, 5.41) is 9.44. The molecule has 2 heterocycles. The van der Waals surface area contributed by atoms with Crippen LogP contribution in [0.1, 0.15) is 28.9 Å². The second-order valence-electron chi connectivity index (χ2n) is 6.28. The zero-order valence-electron chi connectivity index (χ0n) is 13.7. The molecule has 0 unspecified atom stereocenters. The molecule has 134 valence electrons. The van der Waals surface area contributed by atoms with Gasteiger partial charge in [-0.25, -0.2) is 0 Å². The number of benzene rings is 1. The van der Waals surface area contributed by atoms with Gasteiger partial charge in [-0.2, -0.15) is 18.3 Å². The summed E-state index contributed by atoms with van der Waals surface area (Å²) in [6.45, 7) is 1.79. The van der Waals surface area contributed by atoms with Crippen LogP contribution in [0.5, 0.6) is 0 Å². The molecule has 0 radical (unpaired) electrons. The van der Waals surface area contributed by atoms with Crippen molar-refractivity contribution in [1.29, 1.82) is 0 Å². The van der Waals surface area contributed by atoms with Gasteiger partial charge in [-0.15, -0.1) is 0 Å². The predicted molar refractivity (Wildman–Crippen MR) is 87.0 cm³/mol. The maximum atomic E-state index is 12.9. The van der Waals surface area contributed by atoms with E-state index in [9.17, 15) is 18.0 Å². The first kappa shape index (κ1) is 17.5. The van der Waals surface area contributed by atoms with Crippen LogP contribution in [0.2, 0.25) is 0 Å². The summed E-state index contributed by atoms with van der Waals surface area (Å²) < 4.78 is 38.7. The first-order valence-corrected chi connectivity index (χ1v) is 8.05. The molecule has 1 amide bonds. The average Bonchev–Trinajstić information content (AvgIpc) is 3.06. The van der Waals surface area contributed by atoms with Crippen LogP contribution in [0.3, 0.4) is 0 Å². The Kier molecular flexibility index (Phi) is 4.80. The number of likely N-dealkylation sites (tertiary alicyclic amines) is 1. The summed E-state index contributed by atoms with van der Waals surface area (Å²) >= 11 is 0. The van der Waals surface area contributed by atoms with Gasteiger partial charge >= 0.3 is 6.18 Å². The molecule has 0 atom stereocenters. The van der Waals surface area contributed by atoms with Gasteiger partial charge in [0.2, 0.25) is 0 Å². The molecule has 2 aromatic rings. The predicted octanol–water partition coefficient (Wildman–Crippen LogP) is 2.92. The lowest BCUT2D eigenvalue weighted by molar-refractivity contribution is -0.137. The summed E-state index contributed by atoms with van der Waals surface area (Å²) in [5.41, 5.74) is 0.0137. The highest BCUT2D eigenvalue weighted by atomic mass is 19.4. The van der Waals surface area contributed by atoms with Crippen LogP contribution >= 0.6 is 0 Å². The minimum atomic E-state index is -4.43. The molecule has 1 saturated heterocycles. The molecule has 0 bridgehead atoms. The fraction of sp³-hybridized carbons (Fsp3) is 0.412. The quantitative estimate of drug-likeness (QED) is 0.893. The maximum Gasteiger partial charge on any atom is 0.416 e. The van der Waals surface area contributed by atoms with E-state index in [1.807, 2.05) is 7.05 Å². The highest BCUT2D eigenvalue weighted by molar-refractivity contribution is 5.99. The van der Waals surface area contributed by atoms with Crippen LogP contribution in [0, 0.1) is 0 Å². The number of H-pyrrole nitrogens is 1. The number of aromatic nitrogens is 2. The zero-order chi connectivity index (χ0) is 18.0. The monoisotopic (exact) mass is 352 g/mol. The van der Waals surface area contributed by atoms with E-state index in [-0.39, 0.29) is 17.6 Å². The first-order valence-electron chi connectivity index (χ1n) is 8.05. The molecule has 1 aromatic carbocycles. The summed E-state index contributed by atoms with van der Waals surface area (Å²) in [4.78, 5) is 14.7. The van der Waals surface area contributed by atoms with Crippen LogP contribution in [-0.2, 0) is 6.18 Å². The number of halogens is 3. The maximum absolute atomic E-state index is 12.9. The number of aromatic amines is 1. The number of hydrogen-bond acceptors (Lipinski definition) is 3. The largest absolute Gasteiger partial charge is 0.416 e. The smallest absolute Gasteiger partial charge is 0.348 e. The molecule has 1 aliphatic rings. The first-order chi connectivity index (χ1) is 11.8. The Bertz CT molecular complexity index is 748. The van der Waals surface area contributed by atoms with E-state index in [1.165, 1.54) is 18.3 Å². The molecule has 5 nitrogen and oxygen atoms in total. The molecule has 0 aliphatic carbocycles. The number of alkyl halides is 3. The number of amides is 1. The summed E-state index contributed by atoms with van der Waals surface area (Å²) in [7, 11) is 2.03. The molecular formula is C17H19F3N4O. The van der Waals surface area contributed by atoms with Gasteiger partial charge in [0.1, 0.15) is 0 Å². The SMILES string of the molecule is CN1CCC(NC(=O)c2n[nH]cc2-c2cccc(C(F)(F)F)c2)CC1. The van der Waals surface area contributed by atoms with E-state index in [2.05, 4.69) is 20.4 Å². The Hall–Kier alpha value is -2.35. The topological polar surface area (TPSA) is 61.0 Å². The molecule has 1 aromatic heterocycles. The molecule has 25 heavy (non-hydrogen) atoms. The fourth-order valence-electron chi connectivity index (χ4n) is 2.95. The number of nitrogens with zero attached hydrogens (tertiary/aromatic N) is 2. The van der Waals surface area contributed by atoms with Gasteiger partial charge in [-0.3, -0.25) is 9.89 Å². The normalized spacial score (nSPS) is 16.8. The van der Waals surface area contributed by atoms with Crippen molar-refractivity contribution >= 4 is 5.91 Å².